The highest BCUT2D eigenvalue weighted by atomic mass is 19.4. The summed E-state index contributed by atoms with van der Waals surface area (Å²) in [6, 6.07) is 8.21. The number of hydrogen-bond donors (Lipinski definition) is 1. The van der Waals surface area contributed by atoms with E-state index in [1.54, 1.807) is 38.1 Å². The van der Waals surface area contributed by atoms with Crippen LogP contribution in [0.5, 0.6) is 17.4 Å². The van der Waals surface area contributed by atoms with Crippen LogP contribution in [0.1, 0.15) is 25.8 Å². The van der Waals surface area contributed by atoms with E-state index < -0.39 is 29.9 Å². The van der Waals surface area contributed by atoms with Crippen molar-refractivity contribution in [1.29, 1.82) is 0 Å². The second-order valence-electron chi connectivity index (χ2n) is 5.86. The van der Waals surface area contributed by atoms with Gasteiger partial charge in [-0.15, -0.1) is 0 Å². The van der Waals surface area contributed by atoms with Gasteiger partial charge in [0.25, 0.3) is 0 Å². The number of aliphatic hydroxyl groups excluding tert-OH is 1. The molecule has 0 spiro atoms. The molecule has 0 saturated carbocycles. The van der Waals surface area contributed by atoms with Crippen molar-refractivity contribution >= 4 is 5.97 Å². The second-order valence-corrected chi connectivity index (χ2v) is 5.86. The van der Waals surface area contributed by atoms with Gasteiger partial charge in [-0.2, -0.15) is 13.2 Å². The molecule has 0 aliphatic rings. The van der Waals surface area contributed by atoms with E-state index in [2.05, 4.69) is 4.98 Å². The summed E-state index contributed by atoms with van der Waals surface area (Å²) in [5.74, 6) is 0.264. The Morgan fingerprint density at radius 3 is 2.32 bits per heavy atom. The van der Waals surface area contributed by atoms with Gasteiger partial charge in [0.15, 0.2) is 0 Å². The normalized spacial score (nSPS) is 13.5. The van der Waals surface area contributed by atoms with Crippen molar-refractivity contribution < 1.29 is 37.3 Å². The quantitative estimate of drug-likeness (QED) is 0.677. The smallest absolute Gasteiger partial charge is 0.417 e. The van der Waals surface area contributed by atoms with Crippen LogP contribution < -0.4 is 9.47 Å². The second kappa shape index (κ2) is 9.41. The molecule has 0 radical (unpaired) electrons. The van der Waals surface area contributed by atoms with Crippen LogP contribution >= 0.6 is 0 Å². The topological polar surface area (TPSA) is 77.9 Å². The molecule has 2 aromatic rings. The number of aromatic nitrogens is 1. The number of rotatable bonds is 8. The lowest BCUT2D eigenvalue weighted by molar-refractivity contribution is -0.146. The van der Waals surface area contributed by atoms with Crippen molar-refractivity contribution in [3.63, 3.8) is 0 Å². The Labute approximate surface area is 159 Å². The number of nitrogens with zero attached hydrogens (tertiary/aromatic N) is 1. The first kappa shape index (κ1) is 21.5. The highest BCUT2D eigenvalue weighted by Crippen LogP contribution is 2.30. The summed E-state index contributed by atoms with van der Waals surface area (Å²) in [5, 5.41) is 9.97. The number of carbonyl (C=O) groups is 1. The van der Waals surface area contributed by atoms with Gasteiger partial charge in [-0.1, -0.05) is 0 Å². The van der Waals surface area contributed by atoms with Crippen LogP contribution in [-0.2, 0) is 15.7 Å². The van der Waals surface area contributed by atoms with Gasteiger partial charge in [-0.3, -0.25) is 4.79 Å². The molecule has 1 heterocycles. The van der Waals surface area contributed by atoms with Crippen LogP contribution in [0.15, 0.2) is 42.6 Å². The van der Waals surface area contributed by atoms with Crippen molar-refractivity contribution in [2.45, 2.75) is 38.7 Å². The third-order valence-electron chi connectivity index (χ3n) is 3.65. The molecule has 1 aromatic heterocycles. The van der Waals surface area contributed by atoms with Gasteiger partial charge in [-0.05, 0) is 44.2 Å². The molecule has 28 heavy (non-hydrogen) atoms. The van der Waals surface area contributed by atoms with Crippen LogP contribution in [0.4, 0.5) is 13.2 Å². The first-order valence-electron chi connectivity index (χ1n) is 8.50. The predicted molar refractivity (Wildman–Crippen MR) is 93.1 cm³/mol. The summed E-state index contributed by atoms with van der Waals surface area (Å²) in [6.07, 6.45) is -5.65. The number of halogens is 3. The van der Waals surface area contributed by atoms with Crippen molar-refractivity contribution in [2.75, 3.05) is 6.61 Å². The molecule has 152 valence electrons. The molecule has 1 aromatic carbocycles. The van der Waals surface area contributed by atoms with E-state index in [1.165, 1.54) is 0 Å². The maximum Gasteiger partial charge on any atom is 0.417 e. The van der Waals surface area contributed by atoms with Crippen LogP contribution in [0, 0.1) is 0 Å². The molecule has 0 aliphatic carbocycles. The SMILES string of the molecule is CCOC(=O)CC(O)C(C)Oc1ccc(Oc2ccc(C(F)(F)F)cn2)cc1. The molecule has 0 aliphatic heterocycles. The lowest BCUT2D eigenvalue weighted by Gasteiger charge is -2.20. The van der Waals surface area contributed by atoms with Gasteiger partial charge in [0, 0.05) is 12.3 Å². The summed E-state index contributed by atoms with van der Waals surface area (Å²) in [6.45, 7) is 3.52. The Kier molecular flexibility index (Phi) is 7.22. The molecule has 0 saturated heterocycles. The lowest BCUT2D eigenvalue weighted by atomic mass is 10.1. The zero-order valence-electron chi connectivity index (χ0n) is 15.3. The third-order valence-corrected chi connectivity index (χ3v) is 3.65. The molecule has 9 heteroatoms. The third kappa shape index (κ3) is 6.41. The average molecular weight is 399 g/mol. The molecular formula is C19H20F3NO5. The summed E-state index contributed by atoms with van der Waals surface area (Å²) in [5.41, 5.74) is -0.862. The van der Waals surface area contributed by atoms with E-state index in [1.807, 2.05) is 0 Å². The molecule has 2 unspecified atom stereocenters. The fourth-order valence-electron chi connectivity index (χ4n) is 2.17. The maximum absolute atomic E-state index is 12.5. The van der Waals surface area contributed by atoms with E-state index >= 15 is 0 Å². The molecule has 1 N–H and O–H groups in total. The minimum absolute atomic E-state index is 0.0138. The number of ether oxygens (including phenoxy) is 3. The average Bonchev–Trinajstić information content (AvgIpc) is 2.63. The Bertz CT molecular complexity index is 763. The van der Waals surface area contributed by atoms with Gasteiger partial charge in [0.1, 0.15) is 23.7 Å². The van der Waals surface area contributed by atoms with E-state index in [4.69, 9.17) is 14.2 Å². The minimum atomic E-state index is -4.46. The predicted octanol–water partition coefficient (Wildman–Crippen LogP) is 3.97. The number of pyridine rings is 1. The van der Waals surface area contributed by atoms with Crippen molar-refractivity contribution in [2.24, 2.45) is 0 Å². The van der Waals surface area contributed by atoms with E-state index in [0.29, 0.717) is 17.7 Å². The zero-order valence-corrected chi connectivity index (χ0v) is 15.3. The summed E-state index contributed by atoms with van der Waals surface area (Å²) in [4.78, 5) is 15.0. The fourth-order valence-corrected chi connectivity index (χ4v) is 2.17. The molecule has 2 rings (SSSR count). The monoisotopic (exact) mass is 399 g/mol. The molecule has 2 atom stereocenters. The van der Waals surface area contributed by atoms with Crippen LogP contribution in [-0.4, -0.2) is 34.9 Å². The number of aliphatic hydroxyl groups is 1. The molecule has 6 nitrogen and oxygen atoms in total. The van der Waals surface area contributed by atoms with Crippen LogP contribution in [0.2, 0.25) is 0 Å². The fraction of sp³-hybridized carbons (Fsp3) is 0.368. The first-order valence-corrected chi connectivity index (χ1v) is 8.50. The Morgan fingerprint density at radius 2 is 1.79 bits per heavy atom. The molecule has 0 bridgehead atoms. The Hall–Kier alpha value is -2.81. The molecule has 0 amide bonds. The van der Waals surface area contributed by atoms with E-state index in [0.717, 1.165) is 12.1 Å². The highest BCUT2D eigenvalue weighted by Gasteiger charge is 2.30. The number of esters is 1. The van der Waals surface area contributed by atoms with Gasteiger partial charge in [0.05, 0.1) is 18.6 Å². The van der Waals surface area contributed by atoms with Gasteiger partial charge in [0.2, 0.25) is 5.88 Å². The van der Waals surface area contributed by atoms with Crippen molar-refractivity contribution in [3.05, 3.63) is 48.2 Å². The highest BCUT2D eigenvalue weighted by molar-refractivity contribution is 5.70. The minimum Gasteiger partial charge on any atom is -0.488 e. The number of hydrogen-bond acceptors (Lipinski definition) is 6. The number of carbonyl (C=O) groups excluding carboxylic acids is 1. The van der Waals surface area contributed by atoms with Crippen molar-refractivity contribution in [1.82, 2.24) is 4.98 Å². The van der Waals surface area contributed by atoms with Gasteiger partial charge in [-0.25, -0.2) is 4.98 Å². The summed E-state index contributed by atoms with van der Waals surface area (Å²) >= 11 is 0. The van der Waals surface area contributed by atoms with E-state index in [9.17, 15) is 23.1 Å². The number of benzene rings is 1. The standard InChI is InChI=1S/C19H20F3NO5/c1-3-26-18(25)10-16(24)12(2)27-14-5-7-15(8-6-14)28-17-9-4-13(11-23-17)19(20,21)22/h4-9,11-12,16,24H,3,10H2,1-2H3. The van der Waals surface area contributed by atoms with Crippen molar-refractivity contribution in [3.8, 4) is 17.4 Å². The van der Waals surface area contributed by atoms with E-state index in [-0.39, 0.29) is 18.9 Å². The Morgan fingerprint density at radius 1 is 1.14 bits per heavy atom. The largest absolute Gasteiger partial charge is 0.488 e. The Balaban J connectivity index is 1.91. The van der Waals surface area contributed by atoms with Gasteiger partial charge >= 0.3 is 12.1 Å². The first-order chi connectivity index (χ1) is 13.2. The maximum atomic E-state index is 12.5. The summed E-state index contributed by atoms with van der Waals surface area (Å²) in [7, 11) is 0. The molecule has 0 fully saturated rings. The van der Waals surface area contributed by atoms with Crippen LogP contribution in [0.25, 0.3) is 0 Å². The number of alkyl halides is 3. The van der Waals surface area contributed by atoms with Gasteiger partial charge < -0.3 is 19.3 Å². The lowest BCUT2D eigenvalue weighted by Crippen LogP contribution is -2.31. The molecular weight excluding hydrogens is 379 g/mol. The zero-order chi connectivity index (χ0) is 20.7. The van der Waals surface area contributed by atoms with Crippen LogP contribution in [0.3, 0.4) is 0 Å². The summed E-state index contributed by atoms with van der Waals surface area (Å²) < 4.78 is 53.3.